The summed E-state index contributed by atoms with van der Waals surface area (Å²) in [6, 6.07) is -3.07. The zero-order chi connectivity index (χ0) is 38.9. The van der Waals surface area contributed by atoms with Crippen LogP contribution in [0.15, 0.2) is 16.7 Å². The summed E-state index contributed by atoms with van der Waals surface area (Å²) in [6.07, 6.45) is 0.288. The largest absolute Gasteiger partial charge is 0.457 e. The molecule has 3 amide bonds. The number of carbonyl (C=O) groups excluding carboxylic acids is 5. The average molecular weight is 759 g/mol. The van der Waals surface area contributed by atoms with Crippen LogP contribution in [0.25, 0.3) is 0 Å². The van der Waals surface area contributed by atoms with Crippen LogP contribution in [-0.2, 0) is 50.3 Å². The van der Waals surface area contributed by atoms with E-state index in [4.69, 9.17) is 19.0 Å². The van der Waals surface area contributed by atoms with E-state index in [1.165, 1.54) is 19.2 Å². The molecule has 0 radical (unpaired) electrons. The van der Waals surface area contributed by atoms with Gasteiger partial charge in [-0.25, -0.2) is 28.4 Å². The van der Waals surface area contributed by atoms with Crippen molar-refractivity contribution < 1.29 is 56.0 Å². The number of rotatable bonds is 11. The van der Waals surface area contributed by atoms with Crippen molar-refractivity contribution in [2.45, 2.75) is 117 Å². The van der Waals surface area contributed by atoms with Crippen molar-refractivity contribution in [1.29, 1.82) is 0 Å². The Morgan fingerprint density at radius 3 is 2.08 bits per heavy atom. The lowest BCUT2D eigenvalue weighted by molar-refractivity contribution is -0.179. The first-order valence-corrected chi connectivity index (χ1v) is 17.5. The number of esters is 2. The second kappa shape index (κ2) is 14.5. The molecule has 1 fully saturated rings. The van der Waals surface area contributed by atoms with E-state index in [1.807, 2.05) is 0 Å². The van der Waals surface area contributed by atoms with Gasteiger partial charge >= 0.3 is 28.3 Å². The number of carbonyl (C=O) groups is 5. The summed E-state index contributed by atoms with van der Waals surface area (Å²) in [7, 11) is -5.12. The van der Waals surface area contributed by atoms with Crippen LogP contribution >= 0.6 is 11.3 Å². The molecule has 1 aliphatic rings. The first-order valence-electron chi connectivity index (χ1n) is 15.3. The highest BCUT2D eigenvalue weighted by molar-refractivity contribution is 7.84. The van der Waals surface area contributed by atoms with Crippen LogP contribution < -0.4 is 10.6 Å². The van der Waals surface area contributed by atoms with E-state index < -0.39 is 86.9 Å². The highest BCUT2D eigenvalue weighted by Crippen LogP contribution is 2.26. The lowest BCUT2D eigenvalue weighted by Crippen LogP contribution is -2.73. The van der Waals surface area contributed by atoms with Crippen molar-refractivity contribution in [1.82, 2.24) is 29.6 Å². The van der Waals surface area contributed by atoms with Gasteiger partial charge in [0.25, 0.3) is 11.8 Å². The number of anilines is 1. The van der Waals surface area contributed by atoms with Gasteiger partial charge in [-0.2, -0.15) is 8.42 Å². The zero-order valence-corrected chi connectivity index (χ0v) is 31.6. The first-order chi connectivity index (χ1) is 23.1. The maximum absolute atomic E-state index is 13.7. The Hall–Kier alpha value is -4.70. The monoisotopic (exact) mass is 758 g/mol. The Kier molecular flexibility index (Phi) is 11.6. The molecule has 2 atom stereocenters. The van der Waals surface area contributed by atoms with Crippen molar-refractivity contribution in [3.8, 4) is 0 Å². The van der Waals surface area contributed by atoms with Gasteiger partial charge in [0.15, 0.2) is 16.5 Å². The van der Waals surface area contributed by atoms with Gasteiger partial charge in [0.2, 0.25) is 5.60 Å². The molecule has 1 saturated heterocycles. The predicted octanol–water partition coefficient (Wildman–Crippen LogP) is 2.08. The van der Waals surface area contributed by atoms with E-state index in [0.717, 1.165) is 22.2 Å². The van der Waals surface area contributed by atoms with Crippen molar-refractivity contribution in [3.05, 3.63) is 23.0 Å². The summed E-state index contributed by atoms with van der Waals surface area (Å²) in [5.74, 6) is -4.01. The second-order valence-electron chi connectivity index (χ2n) is 14.7. The molecule has 2 aromatic rings. The van der Waals surface area contributed by atoms with Crippen LogP contribution in [0.5, 0.6) is 0 Å². The quantitative estimate of drug-likeness (QED) is 0.0740. The van der Waals surface area contributed by atoms with E-state index in [9.17, 15) is 36.9 Å². The first kappa shape index (κ1) is 40.7. The molecule has 0 bridgehead atoms. The topological polar surface area (TPSA) is 260 Å². The van der Waals surface area contributed by atoms with Crippen LogP contribution in [0.3, 0.4) is 0 Å². The molecule has 282 valence electrons. The summed E-state index contributed by atoms with van der Waals surface area (Å²) in [4.78, 5) is 73.9. The number of hydrogen-bond donors (Lipinski definition) is 3. The van der Waals surface area contributed by atoms with Gasteiger partial charge in [-0.05, 0) is 76.2 Å². The van der Waals surface area contributed by atoms with Gasteiger partial charge in [0.1, 0.15) is 28.5 Å². The highest BCUT2D eigenvalue weighted by Gasteiger charge is 2.54. The summed E-state index contributed by atoms with van der Waals surface area (Å²) < 4.78 is 51.0. The van der Waals surface area contributed by atoms with Crippen LogP contribution in [0.4, 0.5) is 9.93 Å². The summed E-state index contributed by atoms with van der Waals surface area (Å²) in [5, 5.41) is 17.4. The molecular formula is C29H42N8O12S2. The molecule has 3 rings (SSSR count). The predicted molar refractivity (Wildman–Crippen MR) is 179 cm³/mol. The number of β-lactam (4-membered cyclic amide) rings is 1. The van der Waals surface area contributed by atoms with E-state index >= 15 is 0 Å². The number of nitrogens with one attached hydrogen (secondary N) is 2. The smallest absolute Gasteiger partial charge is 0.413 e. The molecule has 20 nitrogen and oxygen atoms in total. The molecule has 22 heteroatoms. The number of ether oxygens (including phenoxy) is 3. The van der Waals surface area contributed by atoms with Crippen LogP contribution in [-0.4, -0.2) is 107 Å². The number of aromatic nitrogens is 4. The Morgan fingerprint density at radius 1 is 0.941 bits per heavy atom. The summed E-state index contributed by atoms with van der Waals surface area (Å²) in [6.45, 7) is 17.0. The molecule has 3 heterocycles. The van der Waals surface area contributed by atoms with Gasteiger partial charge in [0, 0.05) is 5.38 Å². The second-order valence-corrected chi connectivity index (χ2v) is 16.8. The highest BCUT2D eigenvalue weighted by atomic mass is 32.2. The Morgan fingerprint density at radius 2 is 1.53 bits per heavy atom. The maximum atomic E-state index is 13.7. The number of hydrogen-bond acceptors (Lipinski definition) is 16. The Labute approximate surface area is 298 Å². The molecule has 2 aromatic heterocycles. The summed E-state index contributed by atoms with van der Waals surface area (Å²) >= 11 is 0.875. The lowest BCUT2D eigenvalue weighted by Gasteiger charge is -2.43. The van der Waals surface area contributed by atoms with Crippen molar-refractivity contribution in [2.24, 2.45) is 5.16 Å². The third-order valence-corrected chi connectivity index (χ3v) is 7.76. The molecule has 0 spiro atoms. The molecule has 0 saturated carbocycles. The maximum Gasteiger partial charge on any atom is 0.413 e. The van der Waals surface area contributed by atoms with Crippen LogP contribution in [0.1, 0.15) is 92.3 Å². The van der Waals surface area contributed by atoms with E-state index in [1.54, 1.807) is 62.3 Å². The molecule has 51 heavy (non-hydrogen) atoms. The molecule has 3 N–H and O–H groups in total. The molecule has 0 unspecified atom stereocenters. The van der Waals surface area contributed by atoms with Gasteiger partial charge in [0.05, 0.1) is 18.8 Å². The fourth-order valence-corrected chi connectivity index (χ4v) is 5.54. The van der Waals surface area contributed by atoms with Crippen LogP contribution in [0, 0.1) is 0 Å². The molecule has 1 aliphatic heterocycles. The average Bonchev–Trinajstić information content (AvgIpc) is 3.58. The normalized spacial score (nSPS) is 17.3. The van der Waals surface area contributed by atoms with Gasteiger partial charge in [-0.1, -0.05) is 10.4 Å². The zero-order valence-electron chi connectivity index (χ0n) is 30.0. The minimum absolute atomic E-state index is 0.0201. The number of amides is 3. The third kappa shape index (κ3) is 11.4. The minimum atomic E-state index is -5.12. The van der Waals surface area contributed by atoms with Crippen molar-refractivity contribution in [2.75, 3.05) is 5.32 Å². The van der Waals surface area contributed by atoms with Crippen molar-refractivity contribution >= 4 is 62.3 Å². The summed E-state index contributed by atoms with van der Waals surface area (Å²) in [5.41, 5.74) is -5.33. The van der Waals surface area contributed by atoms with Gasteiger partial charge in [-0.3, -0.25) is 19.5 Å². The molecule has 0 aromatic carbocycles. The molecular weight excluding hydrogens is 716 g/mol. The van der Waals surface area contributed by atoms with E-state index in [-0.39, 0.29) is 20.8 Å². The number of nitrogens with zero attached hydrogens (tertiary/aromatic N) is 6. The SMILES string of the molecule is CC(C)(C)OC(=O)Nc1nc(C(=NOC(C)(C)C(=O)OC(C)(C)C)C(=O)N[C@@H]2C(=O)N(S(=O)(=O)O)[C@@H]2Cn2cc(C(=O)OC(C)(C)C)nn2)cs1. The fourth-order valence-electron chi connectivity index (χ4n) is 3.99. The fraction of sp³-hybridized carbons (Fsp3) is 0.621. The third-order valence-electron chi connectivity index (χ3n) is 6.05. The lowest BCUT2D eigenvalue weighted by atomic mass is 9.98. The van der Waals surface area contributed by atoms with E-state index in [0.29, 0.717) is 0 Å². The standard InChI is InChI=1S/C29H42N8O12S2/c1-26(2,3)46-22(40)15-12-36(35-33-15)13-17-19(21(39)37(17)51(43,44)45)31-20(38)18(34-49-29(10,11)23(41)47-27(4,5)6)16-14-50-24(30-16)32-25(42)48-28(7,8)9/h12,14,17,19H,13H2,1-11H3,(H,31,38)(H,30,32,42)(H,43,44,45)/t17-,19+/m1/s1. The van der Waals surface area contributed by atoms with Crippen molar-refractivity contribution in [3.63, 3.8) is 0 Å². The Balaban J connectivity index is 1.94. The van der Waals surface area contributed by atoms with Gasteiger partial charge < -0.3 is 24.4 Å². The van der Waals surface area contributed by atoms with Crippen LogP contribution in [0.2, 0.25) is 0 Å². The number of oxime groups is 1. The number of thiazole rings is 1. The minimum Gasteiger partial charge on any atom is -0.457 e. The van der Waals surface area contributed by atoms with Gasteiger partial charge in [-0.15, -0.1) is 16.4 Å². The van der Waals surface area contributed by atoms with E-state index in [2.05, 4.69) is 31.1 Å². The Bertz CT molecular complexity index is 1810. The molecule has 0 aliphatic carbocycles.